The standard InChI is InChI=1S/C23H26N2O/c1-3-4-5-6-7-10-16-25-22-19(13-11-15-24-22)17-21(23(25)26)20-14-9-8-12-18(20)2/h7-15,17H,3-6,16H2,1-2H3. The predicted octanol–water partition coefficient (Wildman–Crippen LogP) is 5.51. The maximum atomic E-state index is 13.2. The van der Waals surface area contributed by atoms with E-state index >= 15 is 0 Å². The lowest BCUT2D eigenvalue weighted by atomic mass is 10.0. The summed E-state index contributed by atoms with van der Waals surface area (Å²) in [5, 5.41) is 0.990. The quantitative estimate of drug-likeness (QED) is 0.418. The van der Waals surface area contributed by atoms with Gasteiger partial charge in [-0.05, 0) is 49.1 Å². The molecular formula is C23H26N2O. The van der Waals surface area contributed by atoms with Gasteiger partial charge in [0.05, 0.1) is 0 Å². The summed E-state index contributed by atoms with van der Waals surface area (Å²) in [5.41, 5.74) is 3.60. The summed E-state index contributed by atoms with van der Waals surface area (Å²) in [4.78, 5) is 17.6. The minimum absolute atomic E-state index is 0.0173. The molecule has 3 nitrogen and oxygen atoms in total. The van der Waals surface area contributed by atoms with Crippen molar-refractivity contribution in [3.63, 3.8) is 0 Å². The fourth-order valence-corrected chi connectivity index (χ4v) is 3.25. The van der Waals surface area contributed by atoms with E-state index in [1.165, 1.54) is 19.3 Å². The van der Waals surface area contributed by atoms with Crippen LogP contribution in [0.4, 0.5) is 0 Å². The second kappa shape index (κ2) is 8.61. The molecule has 0 aliphatic carbocycles. The van der Waals surface area contributed by atoms with Gasteiger partial charge in [0.15, 0.2) is 0 Å². The van der Waals surface area contributed by atoms with E-state index < -0.39 is 0 Å². The van der Waals surface area contributed by atoms with Crippen LogP contribution in [0.3, 0.4) is 0 Å². The number of aromatic nitrogens is 2. The Labute approximate surface area is 155 Å². The molecule has 2 heterocycles. The van der Waals surface area contributed by atoms with Gasteiger partial charge in [-0.25, -0.2) is 4.98 Å². The summed E-state index contributed by atoms with van der Waals surface area (Å²) in [5.74, 6) is 0. The Morgan fingerprint density at radius 2 is 1.88 bits per heavy atom. The van der Waals surface area contributed by atoms with Crippen LogP contribution in [0.15, 0.2) is 65.6 Å². The molecule has 1 aromatic carbocycles. The van der Waals surface area contributed by atoms with Crippen LogP contribution in [-0.2, 0) is 6.54 Å². The lowest BCUT2D eigenvalue weighted by Crippen LogP contribution is -2.22. The lowest BCUT2D eigenvalue weighted by Gasteiger charge is -2.12. The Hall–Kier alpha value is -2.68. The van der Waals surface area contributed by atoms with Crippen LogP contribution in [0.2, 0.25) is 0 Å². The maximum absolute atomic E-state index is 13.2. The van der Waals surface area contributed by atoms with E-state index in [4.69, 9.17) is 0 Å². The van der Waals surface area contributed by atoms with Gasteiger partial charge < -0.3 is 0 Å². The number of allylic oxidation sites excluding steroid dienone is 2. The number of aryl methyl sites for hydroxylation is 1. The van der Waals surface area contributed by atoms with Gasteiger partial charge in [0.25, 0.3) is 5.56 Å². The Balaban J connectivity index is 2.02. The van der Waals surface area contributed by atoms with Crippen molar-refractivity contribution in [2.75, 3.05) is 0 Å². The van der Waals surface area contributed by atoms with Crippen LogP contribution < -0.4 is 5.56 Å². The molecule has 2 aromatic heterocycles. The van der Waals surface area contributed by atoms with Gasteiger partial charge in [-0.2, -0.15) is 0 Å². The third-order valence-corrected chi connectivity index (χ3v) is 4.71. The zero-order valence-electron chi connectivity index (χ0n) is 15.6. The molecule has 0 bridgehead atoms. The van der Waals surface area contributed by atoms with Crippen molar-refractivity contribution in [1.29, 1.82) is 0 Å². The zero-order valence-corrected chi connectivity index (χ0v) is 15.6. The average Bonchev–Trinajstić information content (AvgIpc) is 2.66. The highest BCUT2D eigenvalue weighted by molar-refractivity contribution is 5.82. The Kier molecular flexibility index (Phi) is 6.00. The van der Waals surface area contributed by atoms with Crippen molar-refractivity contribution in [2.24, 2.45) is 0 Å². The third-order valence-electron chi connectivity index (χ3n) is 4.71. The second-order valence-corrected chi connectivity index (χ2v) is 6.67. The highest BCUT2D eigenvalue weighted by atomic mass is 16.1. The van der Waals surface area contributed by atoms with E-state index in [0.29, 0.717) is 6.54 Å². The molecule has 0 unspecified atom stereocenters. The van der Waals surface area contributed by atoms with Gasteiger partial charge >= 0.3 is 0 Å². The first-order valence-corrected chi connectivity index (χ1v) is 9.42. The van der Waals surface area contributed by atoms with Crippen LogP contribution >= 0.6 is 0 Å². The van der Waals surface area contributed by atoms with Crippen molar-refractivity contribution in [3.05, 3.63) is 76.7 Å². The van der Waals surface area contributed by atoms with E-state index in [-0.39, 0.29) is 5.56 Å². The number of hydrogen-bond acceptors (Lipinski definition) is 2. The van der Waals surface area contributed by atoms with Crippen molar-refractivity contribution < 1.29 is 0 Å². The summed E-state index contributed by atoms with van der Waals surface area (Å²) < 4.78 is 1.79. The SMILES string of the molecule is CCCCCC=CCn1c(=O)c(-c2ccccc2C)cc2cccnc21. The van der Waals surface area contributed by atoms with Gasteiger partial charge in [-0.1, -0.05) is 56.2 Å². The molecule has 3 rings (SSSR count). The Morgan fingerprint density at radius 3 is 2.69 bits per heavy atom. The molecule has 0 N–H and O–H groups in total. The molecule has 0 saturated carbocycles. The molecule has 0 aliphatic rings. The van der Waals surface area contributed by atoms with Crippen LogP contribution in [-0.4, -0.2) is 9.55 Å². The summed E-state index contributed by atoms with van der Waals surface area (Å²) in [6, 6.07) is 13.9. The summed E-state index contributed by atoms with van der Waals surface area (Å²) in [6.07, 6.45) is 10.7. The van der Waals surface area contributed by atoms with Crippen molar-refractivity contribution in [1.82, 2.24) is 9.55 Å². The minimum Gasteiger partial charge on any atom is -0.288 e. The van der Waals surface area contributed by atoms with E-state index in [9.17, 15) is 4.79 Å². The van der Waals surface area contributed by atoms with E-state index in [1.54, 1.807) is 10.8 Å². The molecule has 0 amide bonds. The number of pyridine rings is 2. The maximum Gasteiger partial charge on any atom is 0.260 e. The topological polar surface area (TPSA) is 34.9 Å². The fraction of sp³-hybridized carbons (Fsp3) is 0.304. The molecule has 3 heteroatoms. The van der Waals surface area contributed by atoms with Gasteiger partial charge in [-0.15, -0.1) is 0 Å². The van der Waals surface area contributed by atoms with Crippen LogP contribution in [0, 0.1) is 6.92 Å². The first-order chi connectivity index (χ1) is 12.7. The number of fused-ring (bicyclic) bond motifs is 1. The highest BCUT2D eigenvalue weighted by Crippen LogP contribution is 2.23. The summed E-state index contributed by atoms with van der Waals surface area (Å²) in [6.45, 7) is 4.80. The molecule has 0 aliphatic heterocycles. The molecule has 3 aromatic rings. The molecule has 0 saturated heterocycles. The number of unbranched alkanes of at least 4 members (excludes halogenated alkanes) is 3. The lowest BCUT2D eigenvalue weighted by molar-refractivity contribution is 0.725. The fourth-order valence-electron chi connectivity index (χ4n) is 3.25. The average molecular weight is 346 g/mol. The minimum atomic E-state index is 0.0173. The van der Waals surface area contributed by atoms with E-state index in [2.05, 4.69) is 24.1 Å². The number of rotatable bonds is 7. The van der Waals surface area contributed by atoms with Gasteiger partial charge in [-0.3, -0.25) is 9.36 Å². The summed E-state index contributed by atoms with van der Waals surface area (Å²) >= 11 is 0. The van der Waals surface area contributed by atoms with E-state index in [1.807, 2.05) is 49.4 Å². The first-order valence-electron chi connectivity index (χ1n) is 9.42. The van der Waals surface area contributed by atoms with Gasteiger partial charge in [0, 0.05) is 23.7 Å². The van der Waals surface area contributed by atoms with Crippen LogP contribution in [0.1, 0.15) is 38.2 Å². The van der Waals surface area contributed by atoms with Crippen molar-refractivity contribution in [2.45, 2.75) is 46.1 Å². The molecular weight excluding hydrogens is 320 g/mol. The Morgan fingerprint density at radius 1 is 1.04 bits per heavy atom. The number of hydrogen-bond donors (Lipinski definition) is 0. The smallest absolute Gasteiger partial charge is 0.260 e. The van der Waals surface area contributed by atoms with Gasteiger partial charge in [0.1, 0.15) is 5.65 Å². The monoisotopic (exact) mass is 346 g/mol. The zero-order chi connectivity index (χ0) is 18.4. The molecule has 0 fully saturated rings. The van der Waals surface area contributed by atoms with Crippen molar-refractivity contribution in [3.8, 4) is 11.1 Å². The predicted molar refractivity (Wildman–Crippen MR) is 109 cm³/mol. The molecule has 134 valence electrons. The van der Waals surface area contributed by atoms with Crippen LogP contribution in [0.5, 0.6) is 0 Å². The van der Waals surface area contributed by atoms with Crippen LogP contribution in [0.25, 0.3) is 22.2 Å². The first kappa shape index (κ1) is 18.1. The number of nitrogens with zero attached hydrogens (tertiary/aromatic N) is 2. The largest absolute Gasteiger partial charge is 0.288 e. The molecule has 0 atom stereocenters. The summed E-state index contributed by atoms with van der Waals surface area (Å²) in [7, 11) is 0. The third kappa shape index (κ3) is 3.93. The normalized spacial score (nSPS) is 11.5. The van der Waals surface area contributed by atoms with E-state index in [0.717, 1.165) is 34.1 Å². The Bertz CT molecular complexity index is 969. The number of benzene rings is 1. The molecule has 0 radical (unpaired) electrons. The van der Waals surface area contributed by atoms with Gasteiger partial charge in [0.2, 0.25) is 0 Å². The highest BCUT2D eigenvalue weighted by Gasteiger charge is 2.12. The molecule has 0 spiro atoms. The molecule has 26 heavy (non-hydrogen) atoms. The van der Waals surface area contributed by atoms with Crippen molar-refractivity contribution >= 4 is 11.0 Å². The second-order valence-electron chi connectivity index (χ2n) is 6.67.